The minimum absolute atomic E-state index is 0.620. The highest BCUT2D eigenvalue weighted by Crippen LogP contribution is 2.16. The van der Waals surface area contributed by atoms with E-state index in [2.05, 4.69) is 22.1 Å². The molecule has 3 nitrogen and oxygen atoms in total. The average molecular weight is 240 g/mol. The molecule has 1 fully saturated rings. The van der Waals surface area contributed by atoms with Gasteiger partial charge < -0.3 is 5.32 Å². The topological polar surface area (TPSA) is 28.2 Å². The Labute approximate surface area is 102 Å². The summed E-state index contributed by atoms with van der Waals surface area (Å²) in [6.07, 6.45) is 4.71. The normalized spacial score (nSPS) is 22.2. The van der Waals surface area contributed by atoms with E-state index in [9.17, 15) is 0 Å². The number of piperazine rings is 1. The zero-order valence-electron chi connectivity index (χ0n) is 9.62. The van der Waals surface area contributed by atoms with Crippen molar-refractivity contribution in [3.63, 3.8) is 0 Å². The molecule has 1 N–H and O–H groups in total. The number of nitrogens with one attached hydrogen (secondary N) is 1. The Bertz CT molecular complexity index is 343. The Hall–Kier alpha value is -0.640. The van der Waals surface area contributed by atoms with Gasteiger partial charge in [0.15, 0.2) is 0 Å². The Kier molecular flexibility index (Phi) is 4.16. The number of hydrogen-bond acceptors (Lipinski definition) is 3. The molecule has 0 aliphatic carbocycles. The van der Waals surface area contributed by atoms with Crippen LogP contribution in [0.1, 0.15) is 18.9 Å². The molecular formula is C12H18ClN3. The summed E-state index contributed by atoms with van der Waals surface area (Å²) in [6, 6.07) is 2.63. The van der Waals surface area contributed by atoms with E-state index in [0.29, 0.717) is 6.04 Å². The monoisotopic (exact) mass is 239 g/mol. The van der Waals surface area contributed by atoms with Gasteiger partial charge in [-0.2, -0.15) is 0 Å². The number of nitrogens with zero attached hydrogens (tertiary/aromatic N) is 2. The second kappa shape index (κ2) is 5.62. The van der Waals surface area contributed by atoms with Gasteiger partial charge in [-0.1, -0.05) is 18.5 Å². The van der Waals surface area contributed by atoms with Crippen molar-refractivity contribution in [3.05, 3.63) is 29.0 Å². The summed E-state index contributed by atoms with van der Waals surface area (Å²) < 4.78 is 0. The molecule has 0 saturated carbocycles. The Morgan fingerprint density at radius 2 is 2.50 bits per heavy atom. The fraction of sp³-hybridized carbons (Fsp3) is 0.583. The lowest BCUT2D eigenvalue weighted by Gasteiger charge is -2.33. The molecule has 1 unspecified atom stereocenters. The van der Waals surface area contributed by atoms with Crippen LogP contribution < -0.4 is 5.32 Å². The van der Waals surface area contributed by atoms with E-state index >= 15 is 0 Å². The van der Waals surface area contributed by atoms with Crippen LogP contribution in [0, 0.1) is 0 Å². The van der Waals surface area contributed by atoms with Crippen molar-refractivity contribution in [1.82, 2.24) is 15.2 Å². The molecule has 1 aliphatic heterocycles. The second-order valence-corrected chi connectivity index (χ2v) is 4.67. The van der Waals surface area contributed by atoms with E-state index in [4.69, 9.17) is 11.6 Å². The van der Waals surface area contributed by atoms with Gasteiger partial charge in [-0.3, -0.25) is 9.88 Å². The second-order valence-electron chi connectivity index (χ2n) is 4.26. The number of halogens is 1. The Morgan fingerprint density at radius 3 is 3.25 bits per heavy atom. The fourth-order valence-electron chi connectivity index (χ4n) is 2.08. The SMILES string of the molecule is CCC1CN(Cc2ccncc2Cl)CCN1. The summed E-state index contributed by atoms with van der Waals surface area (Å²) in [5.41, 5.74) is 1.17. The fourth-order valence-corrected chi connectivity index (χ4v) is 2.26. The molecule has 16 heavy (non-hydrogen) atoms. The Balaban J connectivity index is 1.97. The summed E-state index contributed by atoms with van der Waals surface area (Å²) in [5, 5.41) is 4.28. The van der Waals surface area contributed by atoms with Crippen LogP contribution >= 0.6 is 11.6 Å². The van der Waals surface area contributed by atoms with Crippen molar-refractivity contribution in [2.75, 3.05) is 19.6 Å². The van der Waals surface area contributed by atoms with Gasteiger partial charge in [0.05, 0.1) is 5.02 Å². The lowest BCUT2D eigenvalue weighted by atomic mass is 10.1. The molecule has 0 spiro atoms. The summed E-state index contributed by atoms with van der Waals surface area (Å²) in [4.78, 5) is 6.46. The lowest BCUT2D eigenvalue weighted by molar-refractivity contribution is 0.190. The molecular weight excluding hydrogens is 222 g/mol. The number of rotatable bonds is 3. The molecule has 1 aromatic heterocycles. The van der Waals surface area contributed by atoms with Crippen LogP contribution in [0.15, 0.2) is 18.5 Å². The molecule has 0 amide bonds. The molecule has 1 atom stereocenters. The Morgan fingerprint density at radius 1 is 1.62 bits per heavy atom. The maximum atomic E-state index is 6.11. The van der Waals surface area contributed by atoms with Crippen molar-refractivity contribution < 1.29 is 0 Å². The van der Waals surface area contributed by atoms with Gasteiger partial charge in [0.1, 0.15) is 0 Å². The summed E-state index contributed by atoms with van der Waals surface area (Å²) in [6.45, 7) is 6.42. The van der Waals surface area contributed by atoms with Gasteiger partial charge in [0.2, 0.25) is 0 Å². The summed E-state index contributed by atoms with van der Waals surface area (Å²) >= 11 is 6.11. The minimum atomic E-state index is 0.620. The van der Waals surface area contributed by atoms with Crippen molar-refractivity contribution in [2.24, 2.45) is 0 Å². The van der Waals surface area contributed by atoms with Crippen molar-refractivity contribution >= 4 is 11.6 Å². The minimum Gasteiger partial charge on any atom is -0.311 e. The van der Waals surface area contributed by atoms with Gasteiger partial charge in [-0.15, -0.1) is 0 Å². The molecule has 0 bridgehead atoms. The molecule has 2 rings (SSSR count). The van der Waals surface area contributed by atoms with Crippen molar-refractivity contribution in [2.45, 2.75) is 25.9 Å². The molecule has 0 aromatic carbocycles. The quantitative estimate of drug-likeness (QED) is 0.874. The van der Waals surface area contributed by atoms with Crippen LogP contribution in [-0.4, -0.2) is 35.6 Å². The van der Waals surface area contributed by atoms with E-state index < -0.39 is 0 Å². The molecule has 2 heterocycles. The van der Waals surface area contributed by atoms with Crippen LogP contribution in [0.3, 0.4) is 0 Å². The lowest BCUT2D eigenvalue weighted by Crippen LogP contribution is -2.49. The van der Waals surface area contributed by atoms with Crippen LogP contribution in [0.2, 0.25) is 5.02 Å². The van der Waals surface area contributed by atoms with E-state index in [1.165, 1.54) is 12.0 Å². The number of hydrogen-bond donors (Lipinski definition) is 1. The van der Waals surface area contributed by atoms with Crippen LogP contribution in [0.25, 0.3) is 0 Å². The highest BCUT2D eigenvalue weighted by atomic mass is 35.5. The van der Waals surface area contributed by atoms with Gasteiger partial charge in [0.25, 0.3) is 0 Å². The average Bonchev–Trinajstić information content (AvgIpc) is 2.32. The third kappa shape index (κ3) is 2.94. The van der Waals surface area contributed by atoms with Crippen molar-refractivity contribution in [1.29, 1.82) is 0 Å². The maximum absolute atomic E-state index is 6.11. The van der Waals surface area contributed by atoms with Gasteiger partial charge in [-0.25, -0.2) is 0 Å². The molecule has 4 heteroatoms. The van der Waals surface area contributed by atoms with E-state index in [0.717, 1.165) is 31.2 Å². The first-order valence-electron chi connectivity index (χ1n) is 5.83. The van der Waals surface area contributed by atoms with Crippen LogP contribution in [0.5, 0.6) is 0 Å². The van der Waals surface area contributed by atoms with Crippen LogP contribution in [-0.2, 0) is 6.54 Å². The third-order valence-corrected chi connectivity index (χ3v) is 3.42. The van der Waals surface area contributed by atoms with Gasteiger partial charge >= 0.3 is 0 Å². The molecule has 0 radical (unpaired) electrons. The van der Waals surface area contributed by atoms with E-state index in [1.807, 2.05) is 6.07 Å². The third-order valence-electron chi connectivity index (χ3n) is 3.08. The van der Waals surface area contributed by atoms with E-state index in [1.54, 1.807) is 12.4 Å². The van der Waals surface area contributed by atoms with E-state index in [-0.39, 0.29) is 0 Å². The van der Waals surface area contributed by atoms with Crippen molar-refractivity contribution in [3.8, 4) is 0 Å². The largest absolute Gasteiger partial charge is 0.311 e. The zero-order valence-corrected chi connectivity index (χ0v) is 10.4. The first-order chi connectivity index (χ1) is 7.79. The maximum Gasteiger partial charge on any atom is 0.0634 e. The van der Waals surface area contributed by atoms with Crippen LogP contribution in [0.4, 0.5) is 0 Å². The summed E-state index contributed by atoms with van der Waals surface area (Å²) in [7, 11) is 0. The molecule has 88 valence electrons. The molecule has 1 aliphatic rings. The number of aromatic nitrogens is 1. The molecule has 1 saturated heterocycles. The molecule has 1 aromatic rings. The highest BCUT2D eigenvalue weighted by Gasteiger charge is 2.18. The summed E-state index contributed by atoms with van der Waals surface area (Å²) in [5.74, 6) is 0. The predicted octanol–water partition coefficient (Wildman–Crippen LogP) is 1.92. The number of pyridine rings is 1. The smallest absolute Gasteiger partial charge is 0.0634 e. The standard InChI is InChI=1S/C12H18ClN3/c1-2-11-9-16(6-5-15-11)8-10-3-4-14-7-12(10)13/h3-4,7,11,15H,2,5-6,8-9H2,1H3. The predicted molar refractivity (Wildman–Crippen MR) is 66.6 cm³/mol. The first-order valence-corrected chi connectivity index (χ1v) is 6.21. The van der Waals surface area contributed by atoms with Gasteiger partial charge in [-0.05, 0) is 18.1 Å². The van der Waals surface area contributed by atoms with Gasteiger partial charge in [0, 0.05) is 44.6 Å². The highest BCUT2D eigenvalue weighted by molar-refractivity contribution is 6.31. The first kappa shape index (κ1) is 11.8. The zero-order chi connectivity index (χ0) is 11.4.